The number of non-ortho nitro benzene ring substituents is 1. The lowest BCUT2D eigenvalue weighted by Gasteiger charge is -2.09. The summed E-state index contributed by atoms with van der Waals surface area (Å²) in [6, 6.07) is 3.19. The van der Waals surface area contributed by atoms with Crippen molar-refractivity contribution in [2.45, 2.75) is 26.2 Å². The monoisotopic (exact) mass is 376 g/mol. The Morgan fingerprint density at radius 3 is 2.85 bits per heavy atom. The molecule has 0 aliphatic heterocycles. The van der Waals surface area contributed by atoms with E-state index in [1.54, 1.807) is 6.92 Å². The summed E-state index contributed by atoms with van der Waals surface area (Å²) >= 11 is 1.29. The predicted octanol–water partition coefficient (Wildman–Crippen LogP) is 3.28. The topological polar surface area (TPSA) is 119 Å². The van der Waals surface area contributed by atoms with Gasteiger partial charge in [-0.05, 0) is 37.8 Å². The zero-order chi connectivity index (χ0) is 18.8. The van der Waals surface area contributed by atoms with Crippen LogP contribution in [0.5, 0.6) is 5.75 Å². The van der Waals surface area contributed by atoms with Gasteiger partial charge in [-0.2, -0.15) is 0 Å². The number of rotatable bonds is 5. The molecule has 1 amide bonds. The number of anilines is 1. The first kappa shape index (κ1) is 17.9. The number of benzene rings is 1. The van der Waals surface area contributed by atoms with Gasteiger partial charge in [-0.3, -0.25) is 14.9 Å². The van der Waals surface area contributed by atoms with E-state index >= 15 is 0 Å². The molecule has 0 saturated heterocycles. The van der Waals surface area contributed by atoms with Crippen molar-refractivity contribution in [1.29, 1.82) is 0 Å². The number of nitrogens with one attached hydrogen (secondary N) is 1. The first-order chi connectivity index (χ1) is 12.4. The standard InChI is InChI=1S/C17H16N2O6S/c1-2-25-17(22)14-10-4-3-5-13(10)26-16(14)18-15(21)11-8-9(19(23)24)6-7-12(11)20/h6-8,20H,2-5H2,1H3,(H,18,21). The summed E-state index contributed by atoms with van der Waals surface area (Å²) in [7, 11) is 0. The SMILES string of the molecule is CCOC(=O)c1c(NC(=O)c2cc([N+](=O)[O-])ccc2O)sc2c1CCC2. The fraction of sp³-hybridized carbons (Fsp3) is 0.294. The second-order valence-electron chi connectivity index (χ2n) is 5.69. The molecule has 0 spiro atoms. The van der Waals surface area contributed by atoms with Crippen LogP contribution in [0.15, 0.2) is 18.2 Å². The minimum absolute atomic E-state index is 0.211. The van der Waals surface area contributed by atoms with Crippen molar-refractivity contribution >= 4 is 33.9 Å². The molecule has 2 N–H and O–H groups in total. The number of ether oxygens (including phenoxy) is 1. The van der Waals surface area contributed by atoms with E-state index in [1.807, 2.05) is 0 Å². The number of hydrogen-bond donors (Lipinski definition) is 2. The molecule has 0 saturated carbocycles. The molecule has 1 aliphatic rings. The Kier molecular flexibility index (Phi) is 4.90. The number of hydrogen-bond acceptors (Lipinski definition) is 7. The molecule has 2 aromatic rings. The quantitative estimate of drug-likeness (QED) is 0.469. The van der Waals surface area contributed by atoms with Gasteiger partial charge in [0.1, 0.15) is 10.8 Å². The van der Waals surface area contributed by atoms with E-state index in [1.165, 1.54) is 11.3 Å². The lowest BCUT2D eigenvalue weighted by molar-refractivity contribution is -0.384. The first-order valence-corrected chi connectivity index (χ1v) is 8.84. The van der Waals surface area contributed by atoms with E-state index in [2.05, 4.69) is 5.32 Å². The summed E-state index contributed by atoms with van der Waals surface area (Å²) in [4.78, 5) is 36.1. The molecule has 1 aromatic heterocycles. The molecule has 0 radical (unpaired) electrons. The molecule has 8 nitrogen and oxygen atoms in total. The molecule has 0 fully saturated rings. The van der Waals surface area contributed by atoms with E-state index in [9.17, 15) is 24.8 Å². The number of nitrogens with zero attached hydrogens (tertiary/aromatic N) is 1. The molecule has 1 heterocycles. The van der Waals surface area contributed by atoms with Crippen LogP contribution >= 0.6 is 11.3 Å². The maximum atomic E-state index is 12.5. The molecule has 136 valence electrons. The average molecular weight is 376 g/mol. The number of nitro benzene ring substituents is 1. The third-order valence-corrected chi connectivity index (χ3v) is 5.27. The Morgan fingerprint density at radius 2 is 2.15 bits per heavy atom. The highest BCUT2D eigenvalue weighted by atomic mass is 32.1. The molecule has 0 bridgehead atoms. The lowest BCUT2D eigenvalue weighted by atomic mass is 10.1. The second-order valence-corrected chi connectivity index (χ2v) is 6.80. The molecule has 1 aromatic carbocycles. The molecule has 26 heavy (non-hydrogen) atoms. The van der Waals surface area contributed by atoms with Crippen LogP contribution in [0.25, 0.3) is 0 Å². The van der Waals surface area contributed by atoms with Gasteiger partial charge in [-0.25, -0.2) is 4.79 Å². The van der Waals surface area contributed by atoms with Gasteiger partial charge in [-0.1, -0.05) is 0 Å². The van der Waals surface area contributed by atoms with Crippen molar-refractivity contribution in [3.63, 3.8) is 0 Å². The van der Waals surface area contributed by atoms with Gasteiger partial charge >= 0.3 is 5.97 Å². The Labute approximate surface area is 152 Å². The first-order valence-electron chi connectivity index (χ1n) is 8.02. The van der Waals surface area contributed by atoms with Crippen LogP contribution in [0.2, 0.25) is 0 Å². The normalized spacial score (nSPS) is 12.5. The van der Waals surface area contributed by atoms with Crippen molar-refractivity contribution < 1.29 is 24.4 Å². The van der Waals surface area contributed by atoms with E-state index in [0.29, 0.717) is 10.6 Å². The molecule has 1 aliphatic carbocycles. The van der Waals surface area contributed by atoms with Crippen LogP contribution in [0.1, 0.15) is 44.5 Å². The zero-order valence-corrected chi connectivity index (χ0v) is 14.7. The van der Waals surface area contributed by atoms with E-state index < -0.39 is 16.8 Å². The maximum absolute atomic E-state index is 12.5. The van der Waals surface area contributed by atoms with E-state index in [-0.39, 0.29) is 23.6 Å². The molecule has 3 rings (SSSR count). The van der Waals surface area contributed by atoms with Gasteiger partial charge in [0.15, 0.2) is 0 Å². The number of phenols is 1. The summed E-state index contributed by atoms with van der Waals surface area (Å²) in [6.07, 6.45) is 2.50. The average Bonchev–Trinajstić information content (AvgIpc) is 3.15. The van der Waals surface area contributed by atoms with Crippen molar-refractivity contribution in [2.24, 2.45) is 0 Å². The number of carbonyl (C=O) groups is 2. The van der Waals surface area contributed by atoms with Gasteiger partial charge < -0.3 is 15.2 Å². The van der Waals surface area contributed by atoms with Crippen molar-refractivity contribution in [1.82, 2.24) is 0 Å². The van der Waals surface area contributed by atoms with Crippen LogP contribution in [-0.2, 0) is 17.6 Å². The smallest absolute Gasteiger partial charge is 0.341 e. The van der Waals surface area contributed by atoms with Gasteiger partial charge in [0.05, 0.1) is 22.7 Å². The fourth-order valence-corrected chi connectivity index (χ4v) is 4.17. The van der Waals surface area contributed by atoms with Crippen LogP contribution in [-0.4, -0.2) is 28.5 Å². The Hall–Kier alpha value is -2.94. The fourth-order valence-electron chi connectivity index (χ4n) is 2.90. The Balaban J connectivity index is 1.94. The molecular weight excluding hydrogens is 360 g/mol. The highest BCUT2D eigenvalue weighted by Gasteiger charge is 2.29. The number of amides is 1. The molecule has 0 atom stereocenters. The Bertz CT molecular complexity index is 905. The maximum Gasteiger partial charge on any atom is 0.341 e. The summed E-state index contributed by atoms with van der Waals surface area (Å²) in [5, 5.41) is 23.7. The summed E-state index contributed by atoms with van der Waals surface area (Å²) in [6.45, 7) is 1.91. The zero-order valence-electron chi connectivity index (χ0n) is 13.9. The van der Waals surface area contributed by atoms with Gasteiger partial charge in [0.25, 0.3) is 11.6 Å². The number of aryl methyl sites for hydroxylation is 1. The second kappa shape index (κ2) is 7.12. The van der Waals surface area contributed by atoms with E-state index in [0.717, 1.165) is 47.9 Å². The number of phenolic OH excluding ortho intramolecular Hbond substituents is 1. The number of esters is 1. The third-order valence-electron chi connectivity index (χ3n) is 4.06. The van der Waals surface area contributed by atoms with Gasteiger partial charge in [0, 0.05) is 17.0 Å². The molecule has 0 unspecified atom stereocenters. The van der Waals surface area contributed by atoms with Crippen LogP contribution in [0, 0.1) is 10.1 Å². The van der Waals surface area contributed by atoms with Gasteiger partial charge in [-0.15, -0.1) is 11.3 Å². The number of nitro groups is 1. The highest BCUT2D eigenvalue weighted by Crippen LogP contribution is 2.40. The molecule has 9 heteroatoms. The molecular formula is C17H16N2O6S. The number of carbonyl (C=O) groups excluding carboxylic acids is 2. The minimum atomic E-state index is -0.725. The summed E-state index contributed by atoms with van der Waals surface area (Å²) in [5.74, 6) is -1.61. The summed E-state index contributed by atoms with van der Waals surface area (Å²) in [5.41, 5.74) is 0.671. The van der Waals surface area contributed by atoms with Crippen molar-refractivity contribution in [3.05, 3.63) is 49.9 Å². The lowest BCUT2D eigenvalue weighted by Crippen LogP contribution is -2.15. The summed E-state index contributed by atoms with van der Waals surface area (Å²) < 4.78 is 5.09. The van der Waals surface area contributed by atoms with Crippen LogP contribution in [0.4, 0.5) is 10.7 Å². The predicted molar refractivity (Wildman–Crippen MR) is 95.0 cm³/mol. The van der Waals surface area contributed by atoms with Crippen molar-refractivity contribution in [2.75, 3.05) is 11.9 Å². The largest absolute Gasteiger partial charge is 0.507 e. The Morgan fingerprint density at radius 1 is 1.38 bits per heavy atom. The number of fused-ring (bicyclic) bond motifs is 1. The highest BCUT2D eigenvalue weighted by molar-refractivity contribution is 7.17. The minimum Gasteiger partial charge on any atom is -0.507 e. The van der Waals surface area contributed by atoms with Crippen LogP contribution in [0.3, 0.4) is 0 Å². The third kappa shape index (κ3) is 3.25. The number of aromatic hydroxyl groups is 1. The van der Waals surface area contributed by atoms with Gasteiger partial charge in [0.2, 0.25) is 0 Å². The van der Waals surface area contributed by atoms with E-state index in [4.69, 9.17) is 4.74 Å². The number of thiophene rings is 1. The van der Waals surface area contributed by atoms with Crippen molar-refractivity contribution in [3.8, 4) is 5.75 Å². The van der Waals surface area contributed by atoms with Crippen LogP contribution < -0.4 is 5.32 Å².